The zero-order chi connectivity index (χ0) is 12.8. The number of aryl methyl sites for hydroxylation is 1. The Morgan fingerprint density at radius 3 is 2.94 bits per heavy atom. The molecule has 1 rings (SSSR count). The normalized spacial score (nSPS) is 11.6. The summed E-state index contributed by atoms with van der Waals surface area (Å²) < 4.78 is 6.09. The number of rotatable bonds is 5. The number of alkyl carbamates (subject to hydrolysis) is 1. The van der Waals surface area contributed by atoms with Crippen molar-refractivity contribution in [3.05, 3.63) is 30.6 Å². The van der Waals surface area contributed by atoms with Crippen molar-refractivity contribution in [3.63, 3.8) is 0 Å². The zero-order valence-corrected chi connectivity index (χ0v) is 9.29. The molecule has 17 heavy (non-hydrogen) atoms. The second-order valence-electron chi connectivity index (χ2n) is 3.25. The van der Waals surface area contributed by atoms with Gasteiger partial charge in [0.05, 0.1) is 6.20 Å². The van der Waals surface area contributed by atoms with Gasteiger partial charge < -0.3 is 15.2 Å². The Kier molecular flexibility index (Phi) is 4.27. The van der Waals surface area contributed by atoms with E-state index in [0.717, 1.165) is 0 Å². The number of hydrogen-bond acceptors (Lipinski definition) is 4. The Balaban J connectivity index is 2.70. The molecule has 1 heterocycles. The first-order valence-corrected chi connectivity index (χ1v) is 4.80. The fourth-order valence-corrected chi connectivity index (χ4v) is 1.17. The van der Waals surface area contributed by atoms with E-state index in [1.807, 2.05) is 0 Å². The third-order valence-corrected chi connectivity index (χ3v) is 1.90. The summed E-state index contributed by atoms with van der Waals surface area (Å²) in [6.07, 6.45) is 3.44. The fourth-order valence-electron chi connectivity index (χ4n) is 1.17. The number of carboxylic acids is 1. The van der Waals surface area contributed by atoms with Gasteiger partial charge in [-0.15, -0.1) is 0 Å². The smallest absolute Gasteiger partial charge is 0.408 e. The van der Waals surface area contributed by atoms with Crippen molar-refractivity contribution in [2.75, 3.05) is 6.61 Å². The monoisotopic (exact) mass is 239 g/mol. The minimum absolute atomic E-state index is 0.0191. The molecule has 1 aromatic heterocycles. The van der Waals surface area contributed by atoms with Crippen LogP contribution in [0.3, 0.4) is 0 Å². The summed E-state index contributed by atoms with van der Waals surface area (Å²) in [6, 6.07) is -1.18. The summed E-state index contributed by atoms with van der Waals surface area (Å²) >= 11 is 0. The van der Waals surface area contributed by atoms with Crippen LogP contribution in [0.15, 0.2) is 25.0 Å². The lowest BCUT2D eigenvalue weighted by molar-refractivity contribution is -0.139. The maximum atomic E-state index is 11.2. The van der Waals surface area contributed by atoms with Crippen LogP contribution in [0.2, 0.25) is 0 Å². The molecular formula is C10H13N3O4. The summed E-state index contributed by atoms with van der Waals surface area (Å²) in [5.74, 6) is -1.19. The highest BCUT2D eigenvalue weighted by molar-refractivity contribution is 5.81. The van der Waals surface area contributed by atoms with Crippen LogP contribution in [-0.2, 0) is 16.6 Å². The molecule has 0 aliphatic rings. The Hall–Kier alpha value is -2.31. The topological polar surface area (TPSA) is 93.4 Å². The van der Waals surface area contributed by atoms with Crippen LogP contribution in [0.5, 0.6) is 0 Å². The first-order valence-electron chi connectivity index (χ1n) is 4.80. The average molecular weight is 239 g/mol. The SMILES string of the molecule is C=CCOC(=O)NC(C(=O)O)c1cnn(C)c1. The summed E-state index contributed by atoms with van der Waals surface area (Å²) in [7, 11) is 1.65. The highest BCUT2D eigenvalue weighted by Gasteiger charge is 2.23. The van der Waals surface area contributed by atoms with E-state index < -0.39 is 18.1 Å². The number of aliphatic carboxylic acids is 1. The molecule has 1 aromatic rings. The van der Waals surface area contributed by atoms with Gasteiger partial charge in [-0.05, 0) is 0 Å². The fraction of sp³-hybridized carbons (Fsp3) is 0.300. The molecule has 0 fully saturated rings. The summed E-state index contributed by atoms with van der Waals surface area (Å²) in [5.41, 5.74) is 0.371. The molecule has 0 aromatic carbocycles. The number of hydrogen-bond donors (Lipinski definition) is 2. The number of nitrogens with zero attached hydrogens (tertiary/aromatic N) is 2. The molecule has 0 radical (unpaired) electrons. The van der Waals surface area contributed by atoms with Crippen LogP contribution in [0.1, 0.15) is 11.6 Å². The third kappa shape index (κ3) is 3.63. The molecule has 0 saturated heterocycles. The molecule has 0 bridgehead atoms. The molecule has 0 aliphatic carbocycles. The lowest BCUT2D eigenvalue weighted by atomic mass is 10.2. The molecule has 0 saturated carbocycles. The van der Waals surface area contributed by atoms with E-state index in [2.05, 4.69) is 21.7 Å². The first-order chi connectivity index (χ1) is 8.04. The lowest BCUT2D eigenvalue weighted by Gasteiger charge is -2.12. The summed E-state index contributed by atoms with van der Waals surface area (Å²) in [5, 5.41) is 15.0. The summed E-state index contributed by atoms with van der Waals surface area (Å²) in [4.78, 5) is 22.2. The third-order valence-electron chi connectivity index (χ3n) is 1.90. The predicted molar refractivity (Wildman–Crippen MR) is 58.3 cm³/mol. The maximum Gasteiger partial charge on any atom is 0.408 e. The number of amides is 1. The number of carbonyl (C=O) groups excluding carboxylic acids is 1. The van der Waals surface area contributed by atoms with Crippen molar-refractivity contribution < 1.29 is 19.4 Å². The Bertz CT molecular complexity index is 427. The van der Waals surface area contributed by atoms with E-state index in [1.165, 1.54) is 23.2 Å². The Labute approximate surface area is 97.7 Å². The van der Waals surface area contributed by atoms with E-state index >= 15 is 0 Å². The van der Waals surface area contributed by atoms with E-state index in [4.69, 9.17) is 5.11 Å². The highest BCUT2D eigenvalue weighted by Crippen LogP contribution is 2.11. The van der Waals surface area contributed by atoms with Gasteiger partial charge in [-0.3, -0.25) is 4.68 Å². The number of aromatic nitrogens is 2. The van der Waals surface area contributed by atoms with Crippen LogP contribution in [0.25, 0.3) is 0 Å². The number of nitrogens with one attached hydrogen (secondary N) is 1. The standard InChI is InChI=1S/C10H13N3O4/c1-3-4-17-10(16)12-8(9(14)15)7-5-11-13(2)6-7/h3,5-6,8H,1,4H2,2H3,(H,12,16)(H,14,15). The Morgan fingerprint density at radius 1 is 1.76 bits per heavy atom. The van der Waals surface area contributed by atoms with E-state index in [-0.39, 0.29) is 6.61 Å². The number of ether oxygens (including phenoxy) is 1. The second-order valence-corrected chi connectivity index (χ2v) is 3.25. The van der Waals surface area contributed by atoms with Gasteiger partial charge in [0.15, 0.2) is 6.04 Å². The van der Waals surface area contributed by atoms with Crippen LogP contribution in [-0.4, -0.2) is 33.6 Å². The van der Waals surface area contributed by atoms with Crippen LogP contribution in [0, 0.1) is 0 Å². The molecule has 7 nitrogen and oxygen atoms in total. The molecule has 92 valence electrons. The van der Waals surface area contributed by atoms with Gasteiger partial charge in [-0.25, -0.2) is 9.59 Å². The highest BCUT2D eigenvalue weighted by atomic mass is 16.5. The quantitative estimate of drug-likeness (QED) is 0.728. The van der Waals surface area contributed by atoms with Crippen molar-refractivity contribution >= 4 is 12.1 Å². The molecular weight excluding hydrogens is 226 g/mol. The average Bonchev–Trinajstić information content (AvgIpc) is 2.69. The second kappa shape index (κ2) is 5.69. The molecule has 1 amide bonds. The van der Waals surface area contributed by atoms with Gasteiger partial charge in [0, 0.05) is 18.8 Å². The summed E-state index contributed by atoms with van der Waals surface area (Å²) in [6.45, 7) is 3.39. The van der Waals surface area contributed by atoms with Gasteiger partial charge in [-0.1, -0.05) is 12.7 Å². The lowest BCUT2D eigenvalue weighted by Crippen LogP contribution is -2.34. The van der Waals surface area contributed by atoms with Gasteiger partial charge in [0.2, 0.25) is 0 Å². The molecule has 1 atom stereocenters. The minimum atomic E-state index is -1.19. The minimum Gasteiger partial charge on any atom is -0.479 e. The van der Waals surface area contributed by atoms with Gasteiger partial charge in [0.1, 0.15) is 6.61 Å². The van der Waals surface area contributed by atoms with E-state index in [9.17, 15) is 9.59 Å². The zero-order valence-electron chi connectivity index (χ0n) is 9.29. The molecule has 0 aliphatic heterocycles. The van der Waals surface area contributed by atoms with Crippen molar-refractivity contribution in [1.29, 1.82) is 0 Å². The van der Waals surface area contributed by atoms with Crippen molar-refractivity contribution in [1.82, 2.24) is 15.1 Å². The number of carboxylic acid groups (broad SMARTS) is 1. The largest absolute Gasteiger partial charge is 0.479 e. The van der Waals surface area contributed by atoms with Crippen molar-refractivity contribution in [3.8, 4) is 0 Å². The predicted octanol–water partition coefficient (Wildman–Crippen LogP) is 0.458. The number of carbonyl (C=O) groups is 2. The first kappa shape index (κ1) is 12.8. The van der Waals surface area contributed by atoms with Crippen molar-refractivity contribution in [2.45, 2.75) is 6.04 Å². The van der Waals surface area contributed by atoms with Crippen LogP contribution >= 0.6 is 0 Å². The van der Waals surface area contributed by atoms with E-state index in [1.54, 1.807) is 7.05 Å². The molecule has 7 heteroatoms. The van der Waals surface area contributed by atoms with Crippen LogP contribution in [0.4, 0.5) is 4.79 Å². The van der Waals surface area contributed by atoms with Gasteiger partial charge >= 0.3 is 12.1 Å². The van der Waals surface area contributed by atoms with Gasteiger partial charge in [-0.2, -0.15) is 5.10 Å². The van der Waals surface area contributed by atoms with Crippen LogP contribution < -0.4 is 5.32 Å². The molecule has 1 unspecified atom stereocenters. The Morgan fingerprint density at radius 2 is 2.47 bits per heavy atom. The van der Waals surface area contributed by atoms with Gasteiger partial charge in [0.25, 0.3) is 0 Å². The molecule has 0 spiro atoms. The maximum absolute atomic E-state index is 11.2. The van der Waals surface area contributed by atoms with E-state index in [0.29, 0.717) is 5.56 Å². The molecule has 2 N–H and O–H groups in total. The van der Waals surface area contributed by atoms with Crippen molar-refractivity contribution in [2.24, 2.45) is 7.05 Å².